The molecule has 0 N–H and O–H groups in total. The zero-order valence-corrected chi connectivity index (χ0v) is 50.1. The van der Waals surface area contributed by atoms with E-state index in [2.05, 4.69) is 81.5 Å². The van der Waals surface area contributed by atoms with Crippen LogP contribution in [0.25, 0.3) is 0 Å². The van der Waals surface area contributed by atoms with Crippen LogP contribution in [-0.4, -0.2) is 37.2 Å². The van der Waals surface area contributed by atoms with Gasteiger partial charge in [-0.15, -0.1) is 0 Å². The van der Waals surface area contributed by atoms with Crippen molar-refractivity contribution < 1.29 is 28.6 Å². The molecule has 0 aromatic rings. The molecular formula is C69H124O6. The molecule has 0 aromatic heterocycles. The molecule has 75 heavy (non-hydrogen) atoms. The summed E-state index contributed by atoms with van der Waals surface area (Å²) >= 11 is 0. The third-order valence-corrected chi connectivity index (χ3v) is 14.5. The van der Waals surface area contributed by atoms with Crippen LogP contribution in [0.15, 0.2) is 60.8 Å². The normalized spacial score (nSPS) is 12.4. The lowest BCUT2D eigenvalue weighted by atomic mass is 10.0. The van der Waals surface area contributed by atoms with E-state index >= 15 is 0 Å². The lowest BCUT2D eigenvalue weighted by Gasteiger charge is -2.18. The van der Waals surface area contributed by atoms with Crippen LogP contribution in [0.3, 0.4) is 0 Å². The van der Waals surface area contributed by atoms with E-state index in [0.717, 1.165) is 83.5 Å². The van der Waals surface area contributed by atoms with Gasteiger partial charge in [-0.3, -0.25) is 14.4 Å². The van der Waals surface area contributed by atoms with Gasteiger partial charge in [-0.05, 0) is 89.9 Å². The maximum atomic E-state index is 12.9. The second kappa shape index (κ2) is 63.6. The molecule has 0 aliphatic rings. The molecule has 6 heteroatoms. The Balaban J connectivity index is 4.10. The van der Waals surface area contributed by atoms with Crippen LogP contribution >= 0.6 is 0 Å². The Kier molecular flexibility index (Phi) is 61.2. The molecule has 0 aliphatic carbocycles. The van der Waals surface area contributed by atoms with Gasteiger partial charge >= 0.3 is 17.9 Å². The fourth-order valence-electron chi connectivity index (χ4n) is 9.54. The van der Waals surface area contributed by atoms with Crippen molar-refractivity contribution in [2.24, 2.45) is 0 Å². The second-order valence-electron chi connectivity index (χ2n) is 22.0. The number of unbranched alkanes of at least 4 members (excludes halogenated alkanes) is 39. The minimum Gasteiger partial charge on any atom is -0.462 e. The number of carbonyl (C=O) groups excluding carboxylic acids is 3. The number of hydrogen-bond donors (Lipinski definition) is 0. The summed E-state index contributed by atoms with van der Waals surface area (Å²) in [6, 6.07) is 0. The SMILES string of the molecule is CCCCC/C=C\C/C=C\CCCCCCCCCC(=O)OC(COC(=O)CCCCCCCCCCC)COC(=O)CCCCCCCCCCCCCCCCCC/C=C\C/C=C\C/C=C\CCCCCCC. The molecule has 0 fully saturated rings. The summed E-state index contributed by atoms with van der Waals surface area (Å²) in [4.78, 5) is 38.2. The first-order chi connectivity index (χ1) is 37.0. The van der Waals surface area contributed by atoms with Crippen LogP contribution in [0.2, 0.25) is 0 Å². The van der Waals surface area contributed by atoms with E-state index in [9.17, 15) is 14.4 Å². The van der Waals surface area contributed by atoms with Crippen molar-refractivity contribution in [2.45, 2.75) is 348 Å². The molecule has 6 nitrogen and oxygen atoms in total. The van der Waals surface area contributed by atoms with Gasteiger partial charge in [0.1, 0.15) is 13.2 Å². The van der Waals surface area contributed by atoms with Crippen molar-refractivity contribution in [2.75, 3.05) is 13.2 Å². The third-order valence-electron chi connectivity index (χ3n) is 14.5. The first kappa shape index (κ1) is 72.1. The Bertz CT molecular complexity index is 1340. The van der Waals surface area contributed by atoms with Gasteiger partial charge in [0, 0.05) is 19.3 Å². The van der Waals surface area contributed by atoms with Gasteiger partial charge < -0.3 is 14.2 Å². The van der Waals surface area contributed by atoms with E-state index in [1.807, 2.05) is 0 Å². The number of ether oxygens (including phenoxy) is 3. The molecule has 1 unspecified atom stereocenters. The summed E-state index contributed by atoms with van der Waals surface area (Å²) in [5.74, 6) is -0.868. The molecule has 0 aliphatic heterocycles. The molecular weight excluding hydrogens is 925 g/mol. The maximum absolute atomic E-state index is 12.9. The summed E-state index contributed by atoms with van der Waals surface area (Å²) in [5, 5.41) is 0. The first-order valence-electron chi connectivity index (χ1n) is 32.8. The molecule has 0 heterocycles. The van der Waals surface area contributed by atoms with Gasteiger partial charge in [0.15, 0.2) is 6.10 Å². The van der Waals surface area contributed by atoms with Gasteiger partial charge in [0.25, 0.3) is 0 Å². The summed E-state index contributed by atoms with van der Waals surface area (Å²) in [5.41, 5.74) is 0. The Morgan fingerprint density at radius 1 is 0.267 bits per heavy atom. The van der Waals surface area contributed by atoms with Crippen molar-refractivity contribution in [3.05, 3.63) is 60.8 Å². The van der Waals surface area contributed by atoms with Crippen molar-refractivity contribution in [1.82, 2.24) is 0 Å². The van der Waals surface area contributed by atoms with Crippen LogP contribution < -0.4 is 0 Å². The Morgan fingerprint density at radius 2 is 0.480 bits per heavy atom. The number of esters is 3. The maximum Gasteiger partial charge on any atom is 0.306 e. The quantitative estimate of drug-likeness (QED) is 0.0261. The standard InChI is InChI=1S/C69H124O6/c1-4-7-10-13-16-19-21-23-25-27-28-29-30-31-32-33-34-35-36-37-38-39-40-42-43-45-47-50-53-56-59-62-68(71)74-65-66(64-73-67(70)61-58-55-52-49-18-15-12-9-6-3)75-69(72)63-60-57-54-51-48-46-44-41-26-24-22-20-17-14-11-8-5-2/h17,20-21,23-24,26-28,30-31,66H,4-16,18-19,22,25,29,32-65H2,1-3H3/b20-17-,23-21-,26-24-,28-27-,31-30-. The zero-order chi connectivity index (χ0) is 54.3. The van der Waals surface area contributed by atoms with Crippen molar-refractivity contribution in [3.8, 4) is 0 Å². The minimum absolute atomic E-state index is 0.0736. The van der Waals surface area contributed by atoms with E-state index in [-0.39, 0.29) is 31.1 Å². The van der Waals surface area contributed by atoms with Gasteiger partial charge in [-0.25, -0.2) is 0 Å². The molecule has 0 radical (unpaired) electrons. The average Bonchev–Trinajstić information content (AvgIpc) is 3.41. The second-order valence-corrected chi connectivity index (χ2v) is 22.0. The summed E-state index contributed by atoms with van der Waals surface area (Å²) in [7, 11) is 0. The van der Waals surface area contributed by atoms with Crippen molar-refractivity contribution in [1.29, 1.82) is 0 Å². The van der Waals surface area contributed by atoms with Gasteiger partial charge in [0.05, 0.1) is 0 Å². The van der Waals surface area contributed by atoms with Crippen LogP contribution in [0.4, 0.5) is 0 Å². The van der Waals surface area contributed by atoms with E-state index in [1.165, 1.54) is 218 Å². The number of allylic oxidation sites excluding steroid dienone is 10. The highest BCUT2D eigenvalue weighted by Crippen LogP contribution is 2.17. The number of hydrogen-bond acceptors (Lipinski definition) is 6. The van der Waals surface area contributed by atoms with Crippen molar-refractivity contribution >= 4 is 17.9 Å². The van der Waals surface area contributed by atoms with Crippen LogP contribution in [0, 0.1) is 0 Å². The molecule has 0 bridgehead atoms. The highest BCUT2D eigenvalue weighted by molar-refractivity contribution is 5.71. The van der Waals surface area contributed by atoms with Crippen LogP contribution in [-0.2, 0) is 28.6 Å². The molecule has 0 amide bonds. The fourth-order valence-corrected chi connectivity index (χ4v) is 9.54. The largest absolute Gasteiger partial charge is 0.462 e. The highest BCUT2D eigenvalue weighted by atomic mass is 16.6. The lowest BCUT2D eigenvalue weighted by Crippen LogP contribution is -2.30. The molecule has 436 valence electrons. The summed E-state index contributed by atoms with van der Waals surface area (Å²) in [6.07, 6.45) is 81.1. The van der Waals surface area contributed by atoms with Gasteiger partial charge in [-0.1, -0.05) is 293 Å². The van der Waals surface area contributed by atoms with Gasteiger partial charge in [0.2, 0.25) is 0 Å². The van der Waals surface area contributed by atoms with E-state index in [1.54, 1.807) is 0 Å². The number of rotatable bonds is 60. The van der Waals surface area contributed by atoms with Gasteiger partial charge in [-0.2, -0.15) is 0 Å². The Hall–Kier alpha value is -2.89. The Labute approximate surface area is 466 Å². The van der Waals surface area contributed by atoms with E-state index in [4.69, 9.17) is 14.2 Å². The minimum atomic E-state index is -0.775. The molecule has 0 aromatic carbocycles. The number of carbonyl (C=O) groups is 3. The predicted molar refractivity (Wildman–Crippen MR) is 325 cm³/mol. The smallest absolute Gasteiger partial charge is 0.306 e. The Morgan fingerprint density at radius 3 is 0.773 bits per heavy atom. The average molecular weight is 1050 g/mol. The monoisotopic (exact) mass is 1050 g/mol. The molecule has 0 rings (SSSR count). The molecule has 1 atom stereocenters. The third kappa shape index (κ3) is 61.8. The van der Waals surface area contributed by atoms with Crippen LogP contribution in [0.1, 0.15) is 342 Å². The predicted octanol–water partition coefficient (Wildman–Crippen LogP) is 22.3. The lowest BCUT2D eigenvalue weighted by molar-refractivity contribution is -0.167. The summed E-state index contributed by atoms with van der Waals surface area (Å²) in [6.45, 7) is 6.61. The van der Waals surface area contributed by atoms with Crippen LogP contribution in [0.5, 0.6) is 0 Å². The van der Waals surface area contributed by atoms with E-state index < -0.39 is 6.10 Å². The molecule has 0 saturated heterocycles. The molecule has 0 saturated carbocycles. The topological polar surface area (TPSA) is 78.9 Å². The van der Waals surface area contributed by atoms with Crippen molar-refractivity contribution in [3.63, 3.8) is 0 Å². The fraction of sp³-hybridized carbons (Fsp3) is 0.812. The molecule has 0 spiro atoms. The highest BCUT2D eigenvalue weighted by Gasteiger charge is 2.19. The van der Waals surface area contributed by atoms with E-state index in [0.29, 0.717) is 19.3 Å². The first-order valence-corrected chi connectivity index (χ1v) is 32.8. The summed E-state index contributed by atoms with van der Waals surface area (Å²) < 4.78 is 16.9. The zero-order valence-electron chi connectivity index (χ0n) is 50.1.